The lowest BCUT2D eigenvalue weighted by atomic mass is 10.0. The van der Waals surface area contributed by atoms with E-state index in [0.29, 0.717) is 0 Å². The van der Waals surface area contributed by atoms with Gasteiger partial charge in [0.1, 0.15) is 5.75 Å². The van der Waals surface area contributed by atoms with Crippen molar-refractivity contribution >= 4 is 11.3 Å². The van der Waals surface area contributed by atoms with E-state index in [9.17, 15) is 0 Å². The van der Waals surface area contributed by atoms with Crippen LogP contribution in [0.15, 0.2) is 35.8 Å². The minimum atomic E-state index is 0.105. The fourth-order valence-corrected chi connectivity index (χ4v) is 2.46. The van der Waals surface area contributed by atoms with Gasteiger partial charge in [-0.25, -0.2) is 4.98 Å². The molecule has 2 N–H and O–H groups in total. The number of aromatic nitrogens is 1. The van der Waals surface area contributed by atoms with Crippen LogP contribution in [0, 0.1) is 0 Å². The molecule has 1 aromatic carbocycles. The van der Waals surface area contributed by atoms with Crippen LogP contribution in [0.4, 0.5) is 0 Å². The number of methoxy groups -OCH3 is 1. The van der Waals surface area contributed by atoms with Gasteiger partial charge in [-0.1, -0.05) is 12.1 Å². The minimum Gasteiger partial charge on any atom is -0.497 e. The van der Waals surface area contributed by atoms with Gasteiger partial charge in [-0.2, -0.15) is 0 Å². The van der Waals surface area contributed by atoms with Crippen LogP contribution in [0.3, 0.4) is 0 Å². The highest BCUT2D eigenvalue weighted by Crippen LogP contribution is 2.15. The Morgan fingerprint density at radius 2 is 2.29 bits per heavy atom. The first-order valence-corrected chi connectivity index (χ1v) is 6.43. The summed E-state index contributed by atoms with van der Waals surface area (Å²) in [5.74, 6) is 0.879. The number of hydrogen-bond donors (Lipinski definition) is 1. The van der Waals surface area contributed by atoms with Gasteiger partial charge in [0.2, 0.25) is 0 Å². The molecule has 0 bridgehead atoms. The number of thiazole rings is 1. The highest BCUT2D eigenvalue weighted by atomic mass is 32.1. The lowest BCUT2D eigenvalue weighted by molar-refractivity contribution is 0.414. The van der Waals surface area contributed by atoms with Gasteiger partial charge in [0.25, 0.3) is 0 Å². The van der Waals surface area contributed by atoms with E-state index < -0.39 is 0 Å². The smallest absolute Gasteiger partial charge is 0.119 e. The van der Waals surface area contributed by atoms with Crippen LogP contribution in [0.25, 0.3) is 0 Å². The molecule has 0 fully saturated rings. The van der Waals surface area contributed by atoms with E-state index in [0.717, 1.165) is 23.6 Å². The molecule has 17 heavy (non-hydrogen) atoms. The van der Waals surface area contributed by atoms with Crippen molar-refractivity contribution in [3.63, 3.8) is 0 Å². The molecule has 0 saturated heterocycles. The Bertz CT molecular complexity index is 456. The second kappa shape index (κ2) is 5.80. The van der Waals surface area contributed by atoms with Crippen molar-refractivity contribution in [2.75, 3.05) is 7.11 Å². The zero-order chi connectivity index (χ0) is 12.1. The molecule has 2 rings (SSSR count). The average Bonchev–Trinajstić information content (AvgIpc) is 2.82. The van der Waals surface area contributed by atoms with Crippen molar-refractivity contribution in [2.45, 2.75) is 18.9 Å². The van der Waals surface area contributed by atoms with Crippen molar-refractivity contribution in [1.29, 1.82) is 0 Å². The summed E-state index contributed by atoms with van der Waals surface area (Å²) in [6.45, 7) is 0. The summed E-state index contributed by atoms with van der Waals surface area (Å²) in [6.07, 6.45) is 3.49. The monoisotopic (exact) mass is 248 g/mol. The lowest BCUT2D eigenvalue weighted by Gasteiger charge is -2.10. The summed E-state index contributed by atoms with van der Waals surface area (Å²) < 4.78 is 5.19. The van der Waals surface area contributed by atoms with Crippen molar-refractivity contribution in [3.05, 3.63) is 46.4 Å². The first-order chi connectivity index (χ1) is 8.28. The van der Waals surface area contributed by atoms with Crippen LogP contribution in [0.2, 0.25) is 0 Å². The Hall–Kier alpha value is -1.39. The van der Waals surface area contributed by atoms with Crippen molar-refractivity contribution in [1.82, 2.24) is 4.98 Å². The molecule has 1 unspecified atom stereocenters. The second-order valence-electron chi connectivity index (χ2n) is 3.95. The molecule has 0 saturated carbocycles. The predicted molar refractivity (Wildman–Crippen MR) is 70.5 cm³/mol. The first-order valence-electron chi connectivity index (χ1n) is 5.55. The fraction of sp³-hybridized carbons (Fsp3) is 0.308. The largest absolute Gasteiger partial charge is 0.497 e. The highest BCUT2D eigenvalue weighted by Gasteiger charge is 2.07. The van der Waals surface area contributed by atoms with Crippen LogP contribution >= 0.6 is 11.3 Å². The zero-order valence-corrected chi connectivity index (χ0v) is 10.6. The van der Waals surface area contributed by atoms with Gasteiger partial charge >= 0.3 is 0 Å². The Kier molecular flexibility index (Phi) is 4.12. The summed E-state index contributed by atoms with van der Waals surface area (Å²) >= 11 is 1.65. The van der Waals surface area contributed by atoms with E-state index >= 15 is 0 Å². The normalized spacial score (nSPS) is 12.4. The summed E-state index contributed by atoms with van der Waals surface area (Å²) in [7, 11) is 1.68. The lowest BCUT2D eigenvalue weighted by Crippen LogP contribution is -2.25. The molecule has 0 aliphatic heterocycles. The van der Waals surface area contributed by atoms with E-state index in [-0.39, 0.29) is 6.04 Å². The molecular formula is C13H16N2OS. The molecule has 90 valence electrons. The van der Waals surface area contributed by atoms with Gasteiger partial charge in [0.15, 0.2) is 0 Å². The Morgan fingerprint density at radius 3 is 3.00 bits per heavy atom. The van der Waals surface area contributed by atoms with Crippen LogP contribution < -0.4 is 10.5 Å². The van der Waals surface area contributed by atoms with E-state index in [1.54, 1.807) is 18.4 Å². The quantitative estimate of drug-likeness (QED) is 0.883. The van der Waals surface area contributed by atoms with Crippen LogP contribution in [0.1, 0.15) is 10.6 Å². The summed E-state index contributed by atoms with van der Waals surface area (Å²) in [5.41, 5.74) is 7.32. The number of nitrogens with two attached hydrogens (primary N) is 1. The van der Waals surface area contributed by atoms with E-state index in [4.69, 9.17) is 10.5 Å². The van der Waals surface area contributed by atoms with Gasteiger partial charge in [-0.05, 0) is 24.1 Å². The maximum Gasteiger partial charge on any atom is 0.119 e. The minimum absolute atomic E-state index is 0.105. The Labute approximate surface area is 105 Å². The SMILES string of the molecule is COc1cccc(CC(N)Cc2nccs2)c1. The van der Waals surface area contributed by atoms with E-state index in [2.05, 4.69) is 11.1 Å². The maximum absolute atomic E-state index is 6.11. The molecule has 1 aromatic heterocycles. The van der Waals surface area contributed by atoms with Gasteiger partial charge in [-0.3, -0.25) is 0 Å². The molecule has 1 heterocycles. The Balaban J connectivity index is 1.95. The third-order valence-electron chi connectivity index (χ3n) is 2.55. The Morgan fingerprint density at radius 1 is 1.41 bits per heavy atom. The van der Waals surface area contributed by atoms with Gasteiger partial charge in [0.05, 0.1) is 12.1 Å². The predicted octanol–water partition coefficient (Wildman–Crippen LogP) is 2.26. The molecule has 1 atom stereocenters. The van der Waals surface area contributed by atoms with Crippen molar-refractivity contribution < 1.29 is 4.74 Å². The van der Waals surface area contributed by atoms with Gasteiger partial charge in [0, 0.05) is 24.0 Å². The van der Waals surface area contributed by atoms with Gasteiger partial charge in [-0.15, -0.1) is 11.3 Å². The molecule has 2 aromatic rings. The topological polar surface area (TPSA) is 48.1 Å². The van der Waals surface area contributed by atoms with Crippen molar-refractivity contribution in [3.8, 4) is 5.75 Å². The van der Waals surface area contributed by atoms with Crippen LogP contribution in [-0.2, 0) is 12.8 Å². The van der Waals surface area contributed by atoms with Crippen molar-refractivity contribution in [2.24, 2.45) is 5.73 Å². The summed E-state index contributed by atoms with van der Waals surface area (Å²) in [5, 5.41) is 3.08. The summed E-state index contributed by atoms with van der Waals surface area (Å²) in [4.78, 5) is 4.25. The van der Waals surface area contributed by atoms with E-state index in [1.165, 1.54) is 5.56 Å². The standard InChI is InChI=1S/C13H16N2OS/c1-16-12-4-2-3-10(8-12)7-11(14)9-13-15-5-6-17-13/h2-6,8,11H,7,9,14H2,1H3. The molecule has 0 radical (unpaired) electrons. The number of ether oxygens (including phenoxy) is 1. The average molecular weight is 248 g/mol. The third kappa shape index (κ3) is 3.54. The fourth-order valence-electron chi connectivity index (χ4n) is 1.75. The molecule has 0 aliphatic carbocycles. The number of hydrogen-bond acceptors (Lipinski definition) is 4. The highest BCUT2D eigenvalue weighted by molar-refractivity contribution is 7.09. The van der Waals surface area contributed by atoms with Crippen LogP contribution in [0.5, 0.6) is 5.75 Å². The number of benzene rings is 1. The third-order valence-corrected chi connectivity index (χ3v) is 3.35. The molecule has 4 heteroatoms. The summed E-state index contributed by atoms with van der Waals surface area (Å²) in [6, 6.07) is 8.14. The van der Waals surface area contributed by atoms with Gasteiger partial charge < -0.3 is 10.5 Å². The molecule has 0 amide bonds. The van der Waals surface area contributed by atoms with Crippen LogP contribution in [-0.4, -0.2) is 18.1 Å². The molecule has 0 aliphatic rings. The maximum atomic E-state index is 6.11. The second-order valence-corrected chi connectivity index (χ2v) is 4.92. The zero-order valence-electron chi connectivity index (χ0n) is 9.80. The molecule has 3 nitrogen and oxygen atoms in total. The van der Waals surface area contributed by atoms with E-state index in [1.807, 2.05) is 29.8 Å². The number of nitrogens with zero attached hydrogens (tertiary/aromatic N) is 1. The first kappa shape index (κ1) is 12.1. The molecular weight excluding hydrogens is 232 g/mol. The number of rotatable bonds is 5. The molecule has 0 spiro atoms.